The molecular formula is C21H28Cl2N2O3. The Kier molecular flexibility index (Phi) is 5.63. The van der Waals surface area contributed by atoms with E-state index in [4.69, 9.17) is 23.2 Å². The van der Waals surface area contributed by atoms with Crippen molar-refractivity contribution in [1.29, 1.82) is 0 Å². The number of carbonyl (C=O) groups is 2. The highest BCUT2D eigenvalue weighted by atomic mass is 35.5. The summed E-state index contributed by atoms with van der Waals surface area (Å²) in [7, 11) is 0. The number of carboxylic acid groups (broad SMARTS) is 1. The van der Waals surface area contributed by atoms with Crippen LogP contribution < -0.4 is 0 Å². The number of hydrogen-bond acceptors (Lipinski definition) is 2. The van der Waals surface area contributed by atoms with E-state index in [0.717, 1.165) is 12.8 Å². The van der Waals surface area contributed by atoms with E-state index in [2.05, 4.69) is 6.92 Å². The third-order valence-corrected chi connectivity index (χ3v) is 6.82. The fourth-order valence-corrected chi connectivity index (χ4v) is 4.69. The molecule has 1 heterocycles. The Bertz CT molecular complexity index is 786. The van der Waals surface area contributed by atoms with Crippen molar-refractivity contribution in [2.45, 2.75) is 59.0 Å². The number of hydrogen-bond donors (Lipinski definition) is 1. The van der Waals surface area contributed by atoms with Gasteiger partial charge < -0.3 is 14.9 Å². The van der Waals surface area contributed by atoms with Gasteiger partial charge in [0.15, 0.2) is 0 Å². The van der Waals surface area contributed by atoms with E-state index in [-0.39, 0.29) is 33.8 Å². The lowest BCUT2D eigenvalue weighted by molar-refractivity contribution is 0.0414. The molecule has 154 valence electrons. The smallest absolute Gasteiger partial charge is 0.407 e. The second kappa shape index (κ2) is 7.42. The molecule has 7 heteroatoms. The summed E-state index contributed by atoms with van der Waals surface area (Å²) < 4.78 is 0. The number of benzene rings is 1. The average Bonchev–Trinajstić information content (AvgIpc) is 3.15. The maximum atomic E-state index is 13.6. The topological polar surface area (TPSA) is 60.9 Å². The van der Waals surface area contributed by atoms with Crippen molar-refractivity contribution in [2.24, 2.45) is 10.8 Å². The first kappa shape index (κ1) is 21.3. The molecule has 0 bridgehead atoms. The standard InChI is InChI=1S/C21H28Cl2N2O3/c1-20(2,3)17-15(8-11-24(17)19(27)28)25(12-21(4)9-10-21)18(26)13-6-5-7-14(22)16(13)23/h5-7,15,17H,8-12H2,1-4H3,(H,27,28)/t15-,17?/m0/s1. The molecule has 1 saturated heterocycles. The summed E-state index contributed by atoms with van der Waals surface area (Å²) in [4.78, 5) is 28.8. The maximum Gasteiger partial charge on any atom is 0.407 e. The molecule has 5 nitrogen and oxygen atoms in total. The summed E-state index contributed by atoms with van der Waals surface area (Å²) in [5, 5.41) is 10.3. The lowest BCUT2D eigenvalue weighted by atomic mass is 9.81. The lowest BCUT2D eigenvalue weighted by Crippen LogP contribution is -2.55. The van der Waals surface area contributed by atoms with Crippen LogP contribution >= 0.6 is 23.2 Å². The maximum absolute atomic E-state index is 13.6. The molecule has 0 radical (unpaired) electrons. The molecule has 3 rings (SSSR count). The van der Waals surface area contributed by atoms with Gasteiger partial charge in [0.25, 0.3) is 5.91 Å². The minimum atomic E-state index is -0.937. The third kappa shape index (κ3) is 4.11. The first-order valence-corrected chi connectivity index (χ1v) is 10.4. The number of rotatable bonds is 4. The zero-order valence-electron chi connectivity index (χ0n) is 16.8. The molecule has 1 unspecified atom stereocenters. The summed E-state index contributed by atoms with van der Waals surface area (Å²) in [6.45, 7) is 9.27. The number of carbonyl (C=O) groups excluding carboxylic acids is 1. The molecule has 1 aromatic rings. The quantitative estimate of drug-likeness (QED) is 0.700. The van der Waals surface area contributed by atoms with Crippen LogP contribution in [0.2, 0.25) is 10.0 Å². The van der Waals surface area contributed by atoms with Crippen LogP contribution in [0, 0.1) is 10.8 Å². The predicted octanol–water partition coefficient (Wildman–Crippen LogP) is 5.40. The van der Waals surface area contributed by atoms with E-state index in [0.29, 0.717) is 30.1 Å². The Balaban J connectivity index is 2.01. The molecule has 0 aromatic heterocycles. The zero-order valence-corrected chi connectivity index (χ0v) is 18.3. The van der Waals surface area contributed by atoms with E-state index >= 15 is 0 Å². The Morgan fingerprint density at radius 2 is 1.93 bits per heavy atom. The summed E-state index contributed by atoms with van der Waals surface area (Å²) in [5.41, 5.74) is 0.153. The van der Waals surface area contributed by atoms with Crippen molar-refractivity contribution in [3.05, 3.63) is 33.8 Å². The number of amides is 2. The van der Waals surface area contributed by atoms with Gasteiger partial charge in [-0.2, -0.15) is 0 Å². The Hall–Kier alpha value is -1.46. The summed E-state index contributed by atoms with van der Waals surface area (Å²) >= 11 is 12.5. The fraction of sp³-hybridized carbons (Fsp3) is 0.619. The van der Waals surface area contributed by atoms with Crippen LogP contribution in [0.3, 0.4) is 0 Å². The fourth-order valence-electron chi connectivity index (χ4n) is 4.31. The molecule has 1 aliphatic heterocycles. The van der Waals surface area contributed by atoms with Crippen molar-refractivity contribution in [3.8, 4) is 0 Å². The van der Waals surface area contributed by atoms with E-state index < -0.39 is 6.09 Å². The van der Waals surface area contributed by atoms with Crippen molar-refractivity contribution < 1.29 is 14.7 Å². The van der Waals surface area contributed by atoms with Gasteiger partial charge in [0.1, 0.15) is 0 Å². The molecule has 2 atom stereocenters. The van der Waals surface area contributed by atoms with E-state index in [1.54, 1.807) is 18.2 Å². The normalized spacial score (nSPS) is 23.6. The van der Waals surface area contributed by atoms with Crippen LogP contribution in [-0.2, 0) is 0 Å². The molecule has 2 amide bonds. The van der Waals surface area contributed by atoms with Gasteiger partial charge >= 0.3 is 6.09 Å². The molecule has 1 N–H and O–H groups in total. The highest BCUT2D eigenvalue weighted by Crippen LogP contribution is 2.47. The summed E-state index contributed by atoms with van der Waals surface area (Å²) in [6.07, 6.45) is 1.81. The Labute approximate surface area is 176 Å². The molecule has 1 aliphatic carbocycles. The predicted molar refractivity (Wildman–Crippen MR) is 111 cm³/mol. The van der Waals surface area contributed by atoms with Crippen LogP contribution in [0.1, 0.15) is 57.3 Å². The second-order valence-electron chi connectivity index (χ2n) is 9.49. The minimum absolute atomic E-state index is 0.0831. The number of likely N-dealkylation sites (tertiary alicyclic amines) is 1. The molecule has 2 aliphatic rings. The highest BCUT2D eigenvalue weighted by molar-refractivity contribution is 6.43. The van der Waals surface area contributed by atoms with Crippen molar-refractivity contribution in [1.82, 2.24) is 9.80 Å². The van der Waals surface area contributed by atoms with Crippen molar-refractivity contribution >= 4 is 35.2 Å². The number of nitrogens with zero attached hydrogens (tertiary/aromatic N) is 2. The van der Waals surface area contributed by atoms with Gasteiger partial charge in [-0.1, -0.05) is 57.0 Å². The van der Waals surface area contributed by atoms with Crippen LogP contribution in [0.25, 0.3) is 0 Å². The monoisotopic (exact) mass is 426 g/mol. The van der Waals surface area contributed by atoms with Crippen LogP contribution in [0.4, 0.5) is 4.79 Å². The third-order valence-electron chi connectivity index (χ3n) is 6.00. The van der Waals surface area contributed by atoms with E-state index in [1.165, 1.54) is 4.90 Å². The Morgan fingerprint density at radius 1 is 1.29 bits per heavy atom. The Morgan fingerprint density at radius 3 is 2.46 bits per heavy atom. The zero-order chi connectivity index (χ0) is 20.9. The van der Waals surface area contributed by atoms with Gasteiger partial charge in [-0.05, 0) is 42.2 Å². The first-order chi connectivity index (χ1) is 12.9. The van der Waals surface area contributed by atoms with Gasteiger partial charge in [0.2, 0.25) is 0 Å². The lowest BCUT2D eigenvalue weighted by Gasteiger charge is -2.42. The van der Waals surface area contributed by atoms with Crippen LogP contribution in [-0.4, -0.2) is 52.1 Å². The molecule has 2 fully saturated rings. The molecular weight excluding hydrogens is 399 g/mol. The van der Waals surface area contributed by atoms with Gasteiger partial charge in [-0.25, -0.2) is 4.79 Å². The largest absolute Gasteiger partial charge is 0.465 e. The van der Waals surface area contributed by atoms with E-state index in [1.807, 2.05) is 25.7 Å². The van der Waals surface area contributed by atoms with Gasteiger partial charge in [0.05, 0.1) is 27.7 Å². The summed E-state index contributed by atoms with van der Waals surface area (Å²) in [6, 6.07) is 4.59. The van der Waals surface area contributed by atoms with Crippen LogP contribution in [0.15, 0.2) is 18.2 Å². The number of halogens is 2. The molecule has 0 spiro atoms. The van der Waals surface area contributed by atoms with Crippen LogP contribution in [0.5, 0.6) is 0 Å². The first-order valence-electron chi connectivity index (χ1n) is 9.69. The average molecular weight is 427 g/mol. The van der Waals surface area contributed by atoms with Crippen molar-refractivity contribution in [2.75, 3.05) is 13.1 Å². The van der Waals surface area contributed by atoms with Gasteiger partial charge in [-0.15, -0.1) is 0 Å². The second-order valence-corrected chi connectivity index (χ2v) is 10.3. The SMILES string of the molecule is CC1(CN(C(=O)c2cccc(Cl)c2Cl)[C@H]2CCN(C(=O)O)C2C(C)(C)C)CC1. The molecule has 1 saturated carbocycles. The van der Waals surface area contributed by atoms with Gasteiger partial charge in [-0.3, -0.25) is 4.79 Å². The van der Waals surface area contributed by atoms with Crippen molar-refractivity contribution in [3.63, 3.8) is 0 Å². The van der Waals surface area contributed by atoms with E-state index in [9.17, 15) is 14.7 Å². The molecule has 1 aromatic carbocycles. The summed E-state index contributed by atoms with van der Waals surface area (Å²) in [5.74, 6) is -0.174. The highest BCUT2D eigenvalue weighted by Gasteiger charge is 2.50. The molecule has 28 heavy (non-hydrogen) atoms. The minimum Gasteiger partial charge on any atom is -0.465 e. The van der Waals surface area contributed by atoms with Gasteiger partial charge in [0, 0.05) is 13.1 Å².